The monoisotopic (exact) mass is 419 g/mol. The Kier molecular flexibility index (Phi) is 6.46. The van der Waals surface area contributed by atoms with Crippen LogP contribution in [0.25, 0.3) is 10.8 Å². The first kappa shape index (κ1) is 20.8. The molecule has 0 spiro atoms. The van der Waals surface area contributed by atoms with Gasteiger partial charge in [-0.25, -0.2) is 9.18 Å². The Bertz CT molecular complexity index is 1070. The fourth-order valence-electron chi connectivity index (χ4n) is 4.07. The number of hydrogen-bond donors (Lipinski definition) is 2. The number of hydrogen-bond acceptors (Lipinski definition) is 2. The molecule has 3 aromatic carbocycles. The molecule has 3 amide bonds. The number of carbonyl (C=O) groups is 2. The van der Waals surface area contributed by atoms with E-state index in [0.29, 0.717) is 32.1 Å². The number of likely N-dealkylation sites (tertiary alicyclic amines) is 1. The van der Waals surface area contributed by atoms with Crippen LogP contribution in [0.4, 0.5) is 9.18 Å². The minimum absolute atomic E-state index is 0.117. The molecule has 1 saturated heterocycles. The van der Waals surface area contributed by atoms with Gasteiger partial charge in [-0.1, -0.05) is 54.6 Å². The average molecular weight is 420 g/mol. The van der Waals surface area contributed by atoms with Gasteiger partial charge in [-0.3, -0.25) is 4.79 Å². The number of amides is 3. The minimum atomic E-state index is -0.487. The topological polar surface area (TPSA) is 61.4 Å². The van der Waals surface area contributed by atoms with Crippen molar-refractivity contribution >= 4 is 22.7 Å². The number of piperidine rings is 1. The van der Waals surface area contributed by atoms with E-state index in [9.17, 15) is 14.0 Å². The zero-order valence-electron chi connectivity index (χ0n) is 17.3. The molecule has 0 bridgehead atoms. The van der Waals surface area contributed by atoms with Crippen molar-refractivity contribution in [1.29, 1.82) is 0 Å². The summed E-state index contributed by atoms with van der Waals surface area (Å²) in [6.07, 6.45) is 1.56. The zero-order valence-corrected chi connectivity index (χ0v) is 17.3. The fourth-order valence-corrected chi connectivity index (χ4v) is 4.07. The third-order valence-corrected chi connectivity index (χ3v) is 5.88. The number of urea groups is 1. The SMILES string of the molecule is O=C(NCc1cccc2ccccc12)NCC1CCN(C(=O)c2ccccc2F)CC1. The third-order valence-electron chi connectivity index (χ3n) is 5.88. The van der Waals surface area contributed by atoms with E-state index in [1.165, 1.54) is 12.1 Å². The summed E-state index contributed by atoms with van der Waals surface area (Å²) in [4.78, 5) is 26.5. The smallest absolute Gasteiger partial charge is 0.315 e. The zero-order chi connectivity index (χ0) is 21.6. The van der Waals surface area contributed by atoms with Crippen LogP contribution in [-0.4, -0.2) is 36.5 Å². The normalized spacial score (nSPS) is 14.4. The molecule has 0 aromatic heterocycles. The van der Waals surface area contributed by atoms with E-state index >= 15 is 0 Å². The number of nitrogens with one attached hydrogen (secondary N) is 2. The lowest BCUT2D eigenvalue weighted by Gasteiger charge is -2.32. The number of nitrogens with zero attached hydrogens (tertiary/aromatic N) is 1. The van der Waals surface area contributed by atoms with Gasteiger partial charge in [0.15, 0.2) is 0 Å². The van der Waals surface area contributed by atoms with Crippen molar-refractivity contribution in [3.8, 4) is 0 Å². The van der Waals surface area contributed by atoms with Crippen LogP contribution < -0.4 is 10.6 Å². The van der Waals surface area contributed by atoms with E-state index in [0.717, 1.165) is 29.2 Å². The molecular weight excluding hydrogens is 393 g/mol. The highest BCUT2D eigenvalue weighted by Crippen LogP contribution is 2.20. The van der Waals surface area contributed by atoms with E-state index < -0.39 is 5.82 Å². The predicted octanol–water partition coefficient (Wildman–Crippen LogP) is 4.33. The number of halogens is 1. The number of benzene rings is 3. The third kappa shape index (κ3) is 5.02. The minimum Gasteiger partial charge on any atom is -0.339 e. The quantitative estimate of drug-likeness (QED) is 0.647. The van der Waals surface area contributed by atoms with Crippen LogP contribution in [0.2, 0.25) is 0 Å². The van der Waals surface area contributed by atoms with E-state index in [-0.39, 0.29) is 17.5 Å². The van der Waals surface area contributed by atoms with Crippen LogP contribution >= 0.6 is 0 Å². The van der Waals surface area contributed by atoms with Crippen LogP contribution in [0, 0.1) is 11.7 Å². The van der Waals surface area contributed by atoms with E-state index in [4.69, 9.17) is 0 Å². The van der Waals surface area contributed by atoms with Gasteiger partial charge < -0.3 is 15.5 Å². The lowest BCUT2D eigenvalue weighted by molar-refractivity contribution is 0.0686. The van der Waals surface area contributed by atoms with Gasteiger partial charge in [0.1, 0.15) is 5.82 Å². The maximum absolute atomic E-state index is 13.9. The average Bonchev–Trinajstić information content (AvgIpc) is 2.81. The van der Waals surface area contributed by atoms with Crippen molar-refractivity contribution in [2.24, 2.45) is 5.92 Å². The number of rotatable bonds is 5. The second-order valence-electron chi connectivity index (χ2n) is 7.92. The van der Waals surface area contributed by atoms with Gasteiger partial charge in [0.2, 0.25) is 0 Å². The van der Waals surface area contributed by atoms with Crippen LogP contribution in [0.1, 0.15) is 28.8 Å². The second kappa shape index (κ2) is 9.60. The summed E-state index contributed by atoms with van der Waals surface area (Å²) in [6, 6.07) is 20.1. The molecule has 4 rings (SSSR count). The van der Waals surface area contributed by atoms with E-state index in [1.807, 2.05) is 24.3 Å². The Labute approximate surface area is 181 Å². The lowest BCUT2D eigenvalue weighted by Crippen LogP contribution is -2.43. The largest absolute Gasteiger partial charge is 0.339 e. The summed E-state index contributed by atoms with van der Waals surface area (Å²) in [5.74, 6) is -0.454. The highest BCUT2D eigenvalue weighted by molar-refractivity contribution is 5.94. The molecule has 3 aromatic rings. The summed E-state index contributed by atoms with van der Waals surface area (Å²) >= 11 is 0. The standard InChI is InChI=1S/C25H26FN3O2/c26-23-11-4-3-10-22(23)24(30)29-14-12-18(13-15-29)16-27-25(31)28-17-20-8-5-7-19-6-1-2-9-21(19)20/h1-11,18H,12-17H2,(H2,27,28,31). The number of fused-ring (bicyclic) bond motifs is 1. The highest BCUT2D eigenvalue weighted by Gasteiger charge is 2.25. The molecule has 0 unspecified atom stereocenters. The van der Waals surface area contributed by atoms with Gasteiger partial charge >= 0.3 is 6.03 Å². The van der Waals surface area contributed by atoms with Gasteiger partial charge in [-0.05, 0) is 47.2 Å². The predicted molar refractivity (Wildman–Crippen MR) is 119 cm³/mol. The van der Waals surface area contributed by atoms with Gasteiger partial charge in [0.05, 0.1) is 5.56 Å². The Morgan fingerprint density at radius 3 is 2.42 bits per heavy atom. The molecule has 1 aliphatic rings. The molecule has 2 N–H and O–H groups in total. The van der Waals surface area contributed by atoms with Gasteiger partial charge in [-0.2, -0.15) is 0 Å². The summed E-state index contributed by atoms with van der Waals surface area (Å²) in [5.41, 5.74) is 1.19. The van der Waals surface area contributed by atoms with Crippen LogP contribution in [0.5, 0.6) is 0 Å². The lowest BCUT2D eigenvalue weighted by atomic mass is 9.96. The maximum Gasteiger partial charge on any atom is 0.315 e. The molecule has 31 heavy (non-hydrogen) atoms. The summed E-state index contributed by atoms with van der Waals surface area (Å²) < 4.78 is 13.9. The first-order valence-corrected chi connectivity index (χ1v) is 10.6. The summed E-state index contributed by atoms with van der Waals surface area (Å²) in [7, 11) is 0. The number of carbonyl (C=O) groups excluding carboxylic acids is 2. The van der Waals surface area contributed by atoms with Crippen molar-refractivity contribution in [1.82, 2.24) is 15.5 Å². The van der Waals surface area contributed by atoms with Crippen LogP contribution in [0.3, 0.4) is 0 Å². The Morgan fingerprint density at radius 2 is 1.61 bits per heavy atom. The molecule has 1 heterocycles. The Morgan fingerprint density at radius 1 is 0.903 bits per heavy atom. The van der Waals surface area contributed by atoms with Crippen LogP contribution in [-0.2, 0) is 6.54 Å². The molecule has 0 saturated carbocycles. The molecular formula is C25H26FN3O2. The molecule has 160 valence electrons. The Balaban J connectivity index is 1.22. The van der Waals surface area contributed by atoms with Crippen molar-refractivity contribution in [3.63, 3.8) is 0 Å². The molecule has 0 aliphatic carbocycles. The first-order valence-electron chi connectivity index (χ1n) is 10.6. The summed E-state index contributed by atoms with van der Waals surface area (Å²) in [5, 5.41) is 8.16. The first-order chi connectivity index (χ1) is 15.1. The fraction of sp³-hybridized carbons (Fsp3) is 0.280. The van der Waals surface area contributed by atoms with Crippen molar-refractivity contribution < 1.29 is 14.0 Å². The van der Waals surface area contributed by atoms with E-state index in [2.05, 4.69) is 28.8 Å². The van der Waals surface area contributed by atoms with Crippen LogP contribution in [0.15, 0.2) is 66.7 Å². The van der Waals surface area contributed by atoms with Crippen molar-refractivity contribution in [3.05, 3.63) is 83.7 Å². The molecule has 1 fully saturated rings. The highest BCUT2D eigenvalue weighted by atomic mass is 19.1. The van der Waals surface area contributed by atoms with E-state index in [1.54, 1.807) is 17.0 Å². The molecule has 1 aliphatic heterocycles. The van der Waals surface area contributed by atoms with Gasteiger partial charge in [-0.15, -0.1) is 0 Å². The molecule has 5 nitrogen and oxygen atoms in total. The molecule has 0 radical (unpaired) electrons. The van der Waals surface area contributed by atoms with Crippen molar-refractivity contribution in [2.45, 2.75) is 19.4 Å². The maximum atomic E-state index is 13.9. The Hall–Kier alpha value is -3.41. The second-order valence-corrected chi connectivity index (χ2v) is 7.92. The molecule has 0 atom stereocenters. The summed E-state index contributed by atoms with van der Waals surface area (Å²) in [6.45, 7) is 2.15. The molecule has 6 heteroatoms. The van der Waals surface area contributed by atoms with Gasteiger partial charge in [0.25, 0.3) is 5.91 Å². The van der Waals surface area contributed by atoms with Gasteiger partial charge in [0, 0.05) is 26.2 Å². The van der Waals surface area contributed by atoms with Crippen molar-refractivity contribution in [2.75, 3.05) is 19.6 Å².